The molecule has 1 aliphatic heterocycles. The van der Waals surface area contributed by atoms with Crippen molar-refractivity contribution >= 4 is 5.96 Å². The van der Waals surface area contributed by atoms with Gasteiger partial charge in [0.05, 0.1) is 0 Å². The van der Waals surface area contributed by atoms with Crippen LogP contribution in [0.3, 0.4) is 0 Å². The Morgan fingerprint density at radius 3 is 2.69 bits per heavy atom. The molecule has 26 heavy (non-hydrogen) atoms. The summed E-state index contributed by atoms with van der Waals surface area (Å²) in [6.07, 6.45) is 0. The molecule has 1 saturated heterocycles. The smallest absolute Gasteiger partial charge is 0.193 e. The van der Waals surface area contributed by atoms with Crippen molar-refractivity contribution in [2.45, 2.75) is 20.4 Å². The van der Waals surface area contributed by atoms with Gasteiger partial charge in [0.25, 0.3) is 0 Å². The second-order valence-corrected chi connectivity index (χ2v) is 7.39. The number of likely N-dealkylation sites (N-methyl/N-ethyl adjacent to an activating group) is 1. The van der Waals surface area contributed by atoms with E-state index in [1.165, 1.54) is 6.07 Å². The number of nitrogens with one attached hydrogen (secondary N) is 1. The standard InChI is InChI=1S/C20H34FN5/c1-5-22-20(25(4)16-18-7-6-8-19(21)13-18)23-14-17(2)15-26-11-9-24(3)10-12-26/h6-8,13,17H,5,9-12,14-16H2,1-4H3,(H,22,23). The summed E-state index contributed by atoms with van der Waals surface area (Å²) in [5.41, 5.74) is 0.948. The second-order valence-electron chi connectivity index (χ2n) is 7.39. The zero-order valence-corrected chi connectivity index (χ0v) is 16.7. The van der Waals surface area contributed by atoms with Gasteiger partial charge in [-0.15, -0.1) is 0 Å². The Hall–Kier alpha value is -1.66. The van der Waals surface area contributed by atoms with Crippen molar-refractivity contribution in [3.63, 3.8) is 0 Å². The first-order chi connectivity index (χ1) is 12.5. The van der Waals surface area contributed by atoms with Gasteiger partial charge in [-0.3, -0.25) is 4.99 Å². The minimum Gasteiger partial charge on any atom is -0.357 e. The molecule has 0 spiro atoms. The van der Waals surface area contributed by atoms with Crippen molar-refractivity contribution in [1.29, 1.82) is 0 Å². The molecule has 1 N–H and O–H groups in total. The van der Waals surface area contributed by atoms with Crippen LogP contribution in [0.5, 0.6) is 0 Å². The van der Waals surface area contributed by atoms with Crippen LogP contribution >= 0.6 is 0 Å². The van der Waals surface area contributed by atoms with Gasteiger partial charge in [-0.1, -0.05) is 19.1 Å². The van der Waals surface area contributed by atoms with Gasteiger partial charge in [0.2, 0.25) is 0 Å². The maximum atomic E-state index is 13.4. The molecule has 1 fully saturated rings. The second kappa shape index (κ2) is 10.5. The molecule has 0 amide bonds. The Balaban J connectivity index is 1.88. The van der Waals surface area contributed by atoms with E-state index in [0.717, 1.165) is 57.3 Å². The lowest BCUT2D eigenvalue weighted by molar-refractivity contribution is 0.140. The van der Waals surface area contributed by atoms with Crippen molar-refractivity contribution < 1.29 is 4.39 Å². The minimum atomic E-state index is -0.196. The van der Waals surface area contributed by atoms with E-state index in [0.29, 0.717) is 12.5 Å². The predicted molar refractivity (Wildman–Crippen MR) is 107 cm³/mol. The molecule has 0 saturated carbocycles. The first-order valence-corrected chi connectivity index (χ1v) is 9.62. The zero-order valence-electron chi connectivity index (χ0n) is 16.7. The number of hydrogen-bond acceptors (Lipinski definition) is 3. The van der Waals surface area contributed by atoms with Crippen LogP contribution in [0, 0.1) is 11.7 Å². The lowest BCUT2D eigenvalue weighted by Crippen LogP contribution is -2.46. The fourth-order valence-electron chi connectivity index (χ4n) is 3.23. The molecule has 146 valence electrons. The van der Waals surface area contributed by atoms with Crippen LogP contribution < -0.4 is 5.32 Å². The topological polar surface area (TPSA) is 34.1 Å². The molecule has 2 rings (SSSR count). The van der Waals surface area contributed by atoms with E-state index >= 15 is 0 Å². The van der Waals surface area contributed by atoms with Gasteiger partial charge in [0.1, 0.15) is 5.82 Å². The van der Waals surface area contributed by atoms with Gasteiger partial charge < -0.3 is 20.0 Å². The van der Waals surface area contributed by atoms with Gasteiger partial charge in [-0.25, -0.2) is 4.39 Å². The maximum Gasteiger partial charge on any atom is 0.193 e. The summed E-state index contributed by atoms with van der Waals surface area (Å²) in [6.45, 7) is 12.2. The first-order valence-electron chi connectivity index (χ1n) is 9.62. The van der Waals surface area contributed by atoms with Crippen LogP contribution in [-0.2, 0) is 6.54 Å². The summed E-state index contributed by atoms with van der Waals surface area (Å²) in [7, 11) is 4.18. The van der Waals surface area contributed by atoms with E-state index in [1.807, 2.05) is 13.1 Å². The number of piperazine rings is 1. The van der Waals surface area contributed by atoms with Crippen molar-refractivity contribution in [2.24, 2.45) is 10.9 Å². The summed E-state index contributed by atoms with van der Waals surface area (Å²) >= 11 is 0. The molecule has 0 aromatic heterocycles. The van der Waals surface area contributed by atoms with Gasteiger partial charge in [-0.2, -0.15) is 0 Å². The maximum absolute atomic E-state index is 13.4. The molecule has 5 nitrogen and oxygen atoms in total. The van der Waals surface area contributed by atoms with Crippen LogP contribution in [0.4, 0.5) is 4.39 Å². The van der Waals surface area contributed by atoms with Crippen LogP contribution in [-0.4, -0.2) is 80.6 Å². The third kappa shape index (κ3) is 6.92. The summed E-state index contributed by atoms with van der Waals surface area (Å²) in [5.74, 6) is 1.19. The lowest BCUT2D eigenvalue weighted by Gasteiger charge is -2.33. The summed E-state index contributed by atoms with van der Waals surface area (Å²) in [5, 5.41) is 3.34. The number of nitrogens with zero attached hydrogens (tertiary/aromatic N) is 4. The van der Waals surface area contributed by atoms with Gasteiger partial charge in [-0.05, 0) is 37.6 Å². The van der Waals surface area contributed by atoms with E-state index in [-0.39, 0.29) is 5.82 Å². The Kier molecular flexibility index (Phi) is 8.32. The minimum absolute atomic E-state index is 0.196. The summed E-state index contributed by atoms with van der Waals surface area (Å²) in [6, 6.07) is 6.75. The molecule has 1 aromatic rings. The number of rotatable bonds is 7. The Morgan fingerprint density at radius 1 is 1.31 bits per heavy atom. The summed E-state index contributed by atoms with van der Waals surface area (Å²) in [4.78, 5) is 11.8. The molecule has 1 heterocycles. The normalized spacial score (nSPS) is 18.0. The largest absolute Gasteiger partial charge is 0.357 e. The molecule has 1 atom stereocenters. The molecule has 0 radical (unpaired) electrons. The number of halogens is 1. The van der Waals surface area contributed by atoms with E-state index < -0.39 is 0 Å². The van der Waals surface area contributed by atoms with Crippen molar-refractivity contribution in [2.75, 3.05) is 59.9 Å². The SMILES string of the molecule is CCNC(=NCC(C)CN1CCN(C)CC1)N(C)Cc1cccc(F)c1. The summed E-state index contributed by atoms with van der Waals surface area (Å²) < 4.78 is 13.4. The number of hydrogen-bond donors (Lipinski definition) is 1. The highest BCUT2D eigenvalue weighted by atomic mass is 19.1. The van der Waals surface area contributed by atoms with E-state index in [2.05, 4.69) is 40.9 Å². The predicted octanol–water partition coefficient (Wildman–Crippen LogP) is 2.11. The van der Waals surface area contributed by atoms with E-state index in [1.54, 1.807) is 12.1 Å². The molecule has 6 heteroatoms. The average molecular weight is 364 g/mol. The number of aliphatic imine (C=N–C) groups is 1. The van der Waals surface area contributed by atoms with Crippen LogP contribution in [0.25, 0.3) is 0 Å². The van der Waals surface area contributed by atoms with Gasteiger partial charge in [0.15, 0.2) is 5.96 Å². The molecular weight excluding hydrogens is 329 g/mol. The Labute approximate surface area is 157 Å². The van der Waals surface area contributed by atoms with Crippen LogP contribution in [0.1, 0.15) is 19.4 Å². The van der Waals surface area contributed by atoms with Crippen LogP contribution in [0.15, 0.2) is 29.3 Å². The first kappa shape index (κ1) is 20.6. The van der Waals surface area contributed by atoms with E-state index in [4.69, 9.17) is 4.99 Å². The average Bonchev–Trinajstić information content (AvgIpc) is 2.60. The molecular formula is C20H34FN5. The highest BCUT2D eigenvalue weighted by molar-refractivity contribution is 5.79. The third-order valence-corrected chi connectivity index (χ3v) is 4.72. The highest BCUT2D eigenvalue weighted by Gasteiger charge is 2.16. The Morgan fingerprint density at radius 2 is 2.04 bits per heavy atom. The molecule has 0 bridgehead atoms. The van der Waals surface area contributed by atoms with Gasteiger partial charge >= 0.3 is 0 Å². The Bertz CT molecular complexity index is 569. The quantitative estimate of drug-likeness (QED) is 0.594. The molecule has 0 aliphatic carbocycles. The van der Waals surface area contributed by atoms with Gasteiger partial charge in [0, 0.05) is 59.4 Å². The van der Waals surface area contributed by atoms with Crippen molar-refractivity contribution in [1.82, 2.24) is 20.0 Å². The third-order valence-electron chi connectivity index (χ3n) is 4.72. The number of guanidine groups is 1. The molecule has 1 aliphatic rings. The fourth-order valence-corrected chi connectivity index (χ4v) is 3.23. The molecule has 1 aromatic carbocycles. The monoisotopic (exact) mass is 363 g/mol. The van der Waals surface area contributed by atoms with Crippen molar-refractivity contribution in [3.05, 3.63) is 35.6 Å². The lowest BCUT2D eigenvalue weighted by atomic mass is 10.1. The van der Waals surface area contributed by atoms with E-state index in [9.17, 15) is 4.39 Å². The zero-order chi connectivity index (χ0) is 18.9. The fraction of sp³-hybridized carbons (Fsp3) is 0.650. The highest BCUT2D eigenvalue weighted by Crippen LogP contribution is 2.08. The van der Waals surface area contributed by atoms with Crippen molar-refractivity contribution in [3.8, 4) is 0 Å². The van der Waals surface area contributed by atoms with Crippen LogP contribution in [0.2, 0.25) is 0 Å². The number of benzene rings is 1. The molecule has 1 unspecified atom stereocenters.